The molecule has 0 aliphatic carbocycles. The summed E-state index contributed by atoms with van der Waals surface area (Å²) < 4.78 is 71.2. The topological polar surface area (TPSA) is 199 Å². The van der Waals surface area contributed by atoms with Crippen molar-refractivity contribution in [1.29, 1.82) is 0 Å². The summed E-state index contributed by atoms with van der Waals surface area (Å²) >= 11 is 0. The molecule has 0 saturated heterocycles. The number of nitrogens with zero attached hydrogens (tertiary/aromatic N) is 4. The van der Waals surface area contributed by atoms with Crippen molar-refractivity contribution in [2.24, 2.45) is 20.5 Å². The van der Waals surface area contributed by atoms with Crippen LogP contribution < -0.4 is 0 Å². The van der Waals surface area contributed by atoms with E-state index in [2.05, 4.69) is 20.5 Å². The van der Waals surface area contributed by atoms with Crippen molar-refractivity contribution in [2.75, 3.05) is 0 Å². The van der Waals surface area contributed by atoms with Gasteiger partial charge in [0.15, 0.2) is 0 Å². The Morgan fingerprint density at radius 2 is 0.875 bits per heavy atom. The van der Waals surface area contributed by atoms with Crippen molar-refractivity contribution < 1.29 is 36.2 Å². The molecule has 0 amide bonds. The Morgan fingerprint density at radius 1 is 0.500 bits per heavy atom. The average molecular weight is 683 g/mol. The lowest BCUT2D eigenvalue weighted by atomic mass is 9.99. The molecule has 0 aromatic heterocycles. The van der Waals surface area contributed by atoms with Gasteiger partial charge >= 0.3 is 0 Å². The Balaban J connectivity index is 1.49. The highest BCUT2D eigenvalue weighted by Crippen LogP contribution is 2.42. The monoisotopic (exact) mass is 682 g/mol. The van der Waals surface area contributed by atoms with E-state index in [9.17, 15) is 36.2 Å². The van der Waals surface area contributed by atoms with Crippen LogP contribution in [0.4, 0.5) is 22.7 Å². The van der Waals surface area contributed by atoms with Gasteiger partial charge in [0.25, 0.3) is 20.2 Å². The van der Waals surface area contributed by atoms with Crippen molar-refractivity contribution in [1.82, 2.24) is 0 Å². The minimum absolute atomic E-state index is 0.00384. The molecule has 6 aromatic rings. The van der Waals surface area contributed by atoms with Gasteiger partial charge in [0.05, 0.1) is 11.4 Å². The molecule has 0 aliphatic heterocycles. The van der Waals surface area contributed by atoms with Crippen LogP contribution in [0, 0.1) is 13.8 Å². The third-order valence-corrected chi connectivity index (χ3v) is 9.50. The Hall–Kier alpha value is -5.54. The largest absolute Gasteiger partial charge is 0.506 e. The Morgan fingerprint density at radius 3 is 1.25 bits per heavy atom. The van der Waals surface area contributed by atoms with Crippen LogP contribution in [0.2, 0.25) is 0 Å². The fourth-order valence-electron chi connectivity index (χ4n) is 5.32. The van der Waals surface area contributed by atoms with Gasteiger partial charge in [-0.05, 0) is 72.1 Å². The zero-order chi connectivity index (χ0) is 34.4. The van der Waals surface area contributed by atoms with E-state index in [1.54, 1.807) is 50.2 Å². The molecule has 0 unspecified atom stereocenters. The maximum absolute atomic E-state index is 12.7. The molecule has 0 heterocycles. The molecule has 0 atom stereocenters. The third-order valence-electron chi connectivity index (χ3n) is 7.72. The first kappa shape index (κ1) is 32.4. The number of hydrogen-bond acceptors (Lipinski definition) is 10. The zero-order valence-electron chi connectivity index (χ0n) is 25.3. The third kappa shape index (κ3) is 6.24. The highest BCUT2D eigenvalue weighted by Gasteiger charge is 2.26. The van der Waals surface area contributed by atoms with Gasteiger partial charge in [0, 0.05) is 21.9 Å². The maximum atomic E-state index is 12.7. The standard InChI is InChI=1S/C34H26N4O8S2/c1-19-15-25(31(47(41,42)43)17-27(19)35-37-33-23-9-5-3-7-21(23)11-13-29(33)39)26-16-20(2)28(18-32(26)48(44,45)46)36-38-34-24-10-6-4-8-22(24)12-14-30(34)40/h3-18,39-40H,1-2H3,(H,41,42,43)(H,44,45,46). The number of benzene rings is 6. The van der Waals surface area contributed by atoms with E-state index in [4.69, 9.17) is 0 Å². The molecular formula is C34H26N4O8S2. The number of hydrogen-bond donors (Lipinski definition) is 4. The maximum Gasteiger partial charge on any atom is 0.295 e. The van der Waals surface area contributed by atoms with Crippen LogP contribution in [-0.2, 0) is 20.2 Å². The van der Waals surface area contributed by atoms with Gasteiger partial charge in [0.1, 0.15) is 32.7 Å². The van der Waals surface area contributed by atoms with Gasteiger partial charge in [-0.25, -0.2) is 0 Å². The lowest BCUT2D eigenvalue weighted by molar-refractivity contribution is 0.476. The lowest BCUT2D eigenvalue weighted by Gasteiger charge is -2.15. The Kier molecular flexibility index (Phi) is 8.26. The van der Waals surface area contributed by atoms with Crippen molar-refractivity contribution in [3.63, 3.8) is 0 Å². The number of phenols is 2. The van der Waals surface area contributed by atoms with Gasteiger partial charge in [-0.15, -0.1) is 10.2 Å². The van der Waals surface area contributed by atoms with E-state index in [-0.39, 0.29) is 45.4 Å². The predicted molar refractivity (Wildman–Crippen MR) is 181 cm³/mol. The van der Waals surface area contributed by atoms with E-state index in [0.29, 0.717) is 21.9 Å². The van der Waals surface area contributed by atoms with Crippen LogP contribution in [0.1, 0.15) is 11.1 Å². The van der Waals surface area contributed by atoms with Gasteiger partial charge in [-0.3, -0.25) is 9.11 Å². The van der Waals surface area contributed by atoms with Crippen LogP contribution in [0.5, 0.6) is 11.5 Å². The number of aryl methyl sites for hydroxylation is 2. The molecule has 242 valence electrons. The molecule has 48 heavy (non-hydrogen) atoms. The molecular weight excluding hydrogens is 657 g/mol. The fourth-order valence-corrected chi connectivity index (χ4v) is 6.74. The highest BCUT2D eigenvalue weighted by atomic mass is 32.2. The first-order valence-electron chi connectivity index (χ1n) is 14.2. The number of rotatable bonds is 7. The molecule has 0 radical (unpaired) electrons. The average Bonchev–Trinajstić information content (AvgIpc) is 3.03. The molecule has 14 heteroatoms. The summed E-state index contributed by atoms with van der Waals surface area (Å²) in [4.78, 5) is -1.41. The Labute approximate surface area is 274 Å². The van der Waals surface area contributed by atoms with Gasteiger partial charge in [0.2, 0.25) is 0 Å². The van der Waals surface area contributed by atoms with Crippen LogP contribution in [0.3, 0.4) is 0 Å². The van der Waals surface area contributed by atoms with Crippen LogP contribution in [-0.4, -0.2) is 36.2 Å². The van der Waals surface area contributed by atoms with Crippen LogP contribution in [0.25, 0.3) is 32.7 Å². The number of azo groups is 2. The van der Waals surface area contributed by atoms with Crippen molar-refractivity contribution in [3.05, 3.63) is 108 Å². The molecule has 12 nitrogen and oxygen atoms in total. The molecule has 6 aromatic carbocycles. The quantitative estimate of drug-likeness (QED) is 0.0944. The van der Waals surface area contributed by atoms with Crippen LogP contribution >= 0.6 is 0 Å². The fraction of sp³-hybridized carbons (Fsp3) is 0.0588. The van der Waals surface area contributed by atoms with Gasteiger partial charge in [-0.2, -0.15) is 27.1 Å². The van der Waals surface area contributed by atoms with E-state index in [0.717, 1.165) is 22.9 Å². The molecule has 0 spiro atoms. The summed E-state index contributed by atoms with van der Waals surface area (Å²) in [6.45, 7) is 3.13. The summed E-state index contributed by atoms with van der Waals surface area (Å²) in [5, 5.41) is 40.3. The van der Waals surface area contributed by atoms with Gasteiger partial charge < -0.3 is 10.2 Å². The first-order valence-corrected chi connectivity index (χ1v) is 17.1. The van der Waals surface area contributed by atoms with Crippen LogP contribution in [0.15, 0.2) is 127 Å². The summed E-state index contributed by atoms with van der Waals surface area (Å²) in [5.74, 6) is -0.328. The van der Waals surface area contributed by atoms with Crippen molar-refractivity contribution in [2.45, 2.75) is 23.6 Å². The molecule has 0 saturated carbocycles. The highest BCUT2D eigenvalue weighted by molar-refractivity contribution is 7.86. The molecule has 0 aliphatic rings. The van der Waals surface area contributed by atoms with E-state index in [1.807, 2.05) is 24.3 Å². The number of phenolic OH excluding ortho intramolecular Hbond substituents is 2. The normalized spacial score (nSPS) is 12.5. The summed E-state index contributed by atoms with van der Waals surface area (Å²) in [6, 6.07) is 25.2. The number of aromatic hydroxyl groups is 2. The molecule has 6 rings (SSSR count). The smallest absolute Gasteiger partial charge is 0.295 e. The second-order valence-corrected chi connectivity index (χ2v) is 13.7. The van der Waals surface area contributed by atoms with Gasteiger partial charge in [-0.1, -0.05) is 60.7 Å². The molecule has 0 bridgehead atoms. The first-order chi connectivity index (χ1) is 22.7. The van der Waals surface area contributed by atoms with E-state index >= 15 is 0 Å². The second kappa shape index (κ2) is 12.2. The van der Waals surface area contributed by atoms with E-state index < -0.39 is 30.0 Å². The van der Waals surface area contributed by atoms with Crippen molar-refractivity contribution in [3.8, 4) is 22.6 Å². The minimum atomic E-state index is -5.00. The molecule has 4 N–H and O–H groups in total. The SMILES string of the molecule is Cc1cc(-c2cc(C)c(N=Nc3c(O)ccc4ccccc34)cc2S(=O)(=O)O)c(S(=O)(=O)O)cc1N=Nc1c(O)ccc2ccccc12. The Bertz CT molecular complexity index is 2390. The minimum Gasteiger partial charge on any atom is -0.506 e. The lowest BCUT2D eigenvalue weighted by Crippen LogP contribution is -2.06. The van der Waals surface area contributed by atoms with E-state index in [1.165, 1.54) is 24.3 Å². The summed E-state index contributed by atoms with van der Waals surface area (Å²) in [7, 11) is -10.0. The second-order valence-electron chi connectivity index (χ2n) is 10.9. The summed E-state index contributed by atoms with van der Waals surface area (Å²) in [6.07, 6.45) is 0. The summed E-state index contributed by atoms with van der Waals surface area (Å²) in [5.41, 5.74) is 0.450. The number of fused-ring (bicyclic) bond motifs is 2. The molecule has 0 fully saturated rings. The van der Waals surface area contributed by atoms with Crippen molar-refractivity contribution >= 4 is 64.5 Å². The zero-order valence-corrected chi connectivity index (χ0v) is 26.9. The predicted octanol–water partition coefficient (Wildman–Crippen LogP) is 9.01.